The summed E-state index contributed by atoms with van der Waals surface area (Å²) in [6.45, 7) is 12.9. The maximum atomic E-state index is 12.8. The Balaban J connectivity index is 4.77. The molecule has 2 atom stereocenters. The first-order valence-electron chi connectivity index (χ1n) is 8.43. The minimum absolute atomic E-state index is 0.0267. The summed E-state index contributed by atoms with van der Waals surface area (Å²) in [6.07, 6.45) is 0.526. The van der Waals surface area contributed by atoms with Gasteiger partial charge >= 0.3 is 5.97 Å². The van der Waals surface area contributed by atoms with Gasteiger partial charge in [-0.2, -0.15) is 11.8 Å². The lowest BCUT2D eigenvalue weighted by Gasteiger charge is -2.43. The minimum atomic E-state index is -0.757. The van der Waals surface area contributed by atoms with Crippen LogP contribution in [0.25, 0.3) is 0 Å². The number of rotatable bonds is 11. The maximum Gasteiger partial charge on any atom is 0.313 e. The molecule has 0 aliphatic heterocycles. The van der Waals surface area contributed by atoms with Gasteiger partial charge in [-0.3, -0.25) is 4.79 Å². The Morgan fingerprint density at radius 1 is 1.12 bits per heavy atom. The molecule has 0 heterocycles. The number of carbonyl (C=O) groups excluding carboxylic acids is 1. The first-order chi connectivity index (χ1) is 10.9. The second kappa shape index (κ2) is 10.00. The van der Waals surface area contributed by atoms with Crippen LogP contribution < -0.4 is 5.73 Å². The Labute approximate surface area is 152 Å². The molecular weight excluding hydrogens is 326 g/mol. The molecule has 6 heteroatoms. The quantitative estimate of drug-likeness (QED) is 0.449. The van der Waals surface area contributed by atoms with Crippen molar-refractivity contribution in [3.05, 3.63) is 0 Å². The summed E-state index contributed by atoms with van der Waals surface area (Å²) in [5.74, 6) is 1.39. The fourth-order valence-corrected chi connectivity index (χ4v) is 3.44. The van der Waals surface area contributed by atoms with Gasteiger partial charge in [0.25, 0.3) is 0 Å². The monoisotopic (exact) mass is 363 g/mol. The number of ether oxygens (including phenoxy) is 3. The predicted octanol–water partition coefficient (Wildman–Crippen LogP) is 3.10. The Bertz CT molecular complexity index is 376. The topological polar surface area (TPSA) is 70.8 Å². The summed E-state index contributed by atoms with van der Waals surface area (Å²) in [7, 11) is 3.32. The molecule has 0 bridgehead atoms. The van der Waals surface area contributed by atoms with Crippen molar-refractivity contribution in [2.24, 2.45) is 16.6 Å². The zero-order valence-corrected chi connectivity index (χ0v) is 17.5. The van der Waals surface area contributed by atoms with Gasteiger partial charge in [0, 0.05) is 31.3 Å². The molecular formula is C18H37NO4S. The number of esters is 1. The predicted molar refractivity (Wildman–Crippen MR) is 101 cm³/mol. The van der Waals surface area contributed by atoms with Crippen molar-refractivity contribution in [2.75, 3.05) is 38.9 Å². The largest absolute Gasteiger partial charge is 0.462 e. The molecule has 0 saturated heterocycles. The van der Waals surface area contributed by atoms with Crippen molar-refractivity contribution in [1.82, 2.24) is 0 Å². The summed E-state index contributed by atoms with van der Waals surface area (Å²) in [5.41, 5.74) is 4.87. The molecule has 24 heavy (non-hydrogen) atoms. The van der Waals surface area contributed by atoms with Gasteiger partial charge in [0.1, 0.15) is 12.7 Å². The lowest BCUT2D eigenvalue weighted by Crippen LogP contribution is -2.56. The van der Waals surface area contributed by atoms with Crippen LogP contribution in [0.5, 0.6) is 0 Å². The zero-order chi connectivity index (χ0) is 19.0. The highest BCUT2D eigenvalue weighted by molar-refractivity contribution is 7.99. The third kappa shape index (κ3) is 8.19. The SMILES string of the molecule is COCCSCC(COC(=O)C(C)(CC(C)(C)C)C(C)(C)N)OC. The second-order valence-electron chi connectivity index (χ2n) is 8.32. The highest BCUT2D eigenvalue weighted by atomic mass is 32.2. The Hall–Kier alpha value is -0.300. The molecule has 0 rings (SSSR count). The van der Waals surface area contributed by atoms with Gasteiger partial charge < -0.3 is 19.9 Å². The highest BCUT2D eigenvalue weighted by Crippen LogP contribution is 2.41. The zero-order valence-electron chi connectivity index (χ0n) is 16.7. The first kappa shape index (κ1) is 23.7. The lowest BCUT2D eigenvalue weighted by molar-refractivity contribution is -0.164. The van der Waals surface area contributed by atoms with E-state index < -0.39 is 11.0 Å². The minimum Gasteiger partial charge on any atom is -0.462 e. The van der Waals surface area contributed by atoms with Gasteiger partial charge in [0.05, 0.1) is 12.0 Å². The molecule has 0 aromatic rings. The van der Waals surface area contributed by atoms with E-state index in [4.69, 9.17) is 19.9 Å². The van der Waals surface area contributed by atoms with Crippen LogP contribution in [0.15, 0.2) is 0 Å². The van der Waals surface area contributed by atoms with Crippen molar-refractivity contribution < 1.29 is 19.0 Å². The van der Waals surface area contributed by atoms with Crippen LogP contribution in [0.2, 0.25) is 0 Å². The molecule has 0 amide bonds. The van der Waals surface area contributed by atoms with Gasteiger partial charge in [0.2, 0.25) is 0 Å². The fourth-order valence-electron chi connectivity index (χ4n) is 2.49. The molecule has 0 aromatic carbocycles. The third-order valence-electron chi connectivity index (χ3n) is 4.23. The summed E-state index contributed by atoms with van der Waals surface area (Å²) in [5, 5.41) is 0. The average molecular weight is 364 g/mol. The van der Waals surface area contributed by atoms with E-state index in [-0.39, 0.29) is 24.1 Å². The smallest absolute Gasteiger partial charge is 0.313 e. The second-order valence-corrected chi connectivity index (χ2v) is 9.46. The van der Waals surface area contributed by atoms with Gasteiger partial charge in [0.15, 0.2) is 0 Å². The lowest BCUT2D eigenvalue weighted by atomic mass is 9.65. The molecule has 0 radical (unpaired) electrons. The third-order valence-corrected chi connectivity index (χ3v) is 5.29. The van der Waals surface area contributed by atoms with Crippen LogP contribution in [0.3, 0.4) is 0 Å². The number of carbonyl (C=O) groups is 1. The van der Waals surface area contributed by atoms with Crippen molar-refractivity contribution in [2.45, 2.75) is 59.6 Å². The molecule has 144 valence electrons. The van der Waals surface area contributed by atoms with E-state index in [1.165, 1.54) is 0 Å². The summed E-state index contributed by atoms with van der Waals surface area (Å²) < 4.78 is 16.0. The van der Waals surface area contributed by atoms with Gasteiger partial charge in [-0.15, -0.1) is 0 Å². The Kier molecular flexibility index (Phi) is 9.87. The molecule has 0 saturated carbocycles. The summed E-state index contributed by atoms with van der Waals surface area (Å²) in [6, 6.07) is 0. The molecule has 2 N–H and O–H groups in total. The number of hydrogen-bond acceptors (Lipinski definition) is 6. The maximum absolute atomic E-state index is 12.8. The first-order valence-corrected chi connectivity index (χ1v) is 9.58. The molecule has 0 spiro atoms. The van der Waals surface area contributed by atoms with Crippen LogP contribution in [0.4, 0.5) is 0 Å². The van der Waals surface area contributed by atoms with Crippen molar-refractivity contribution >= 4 is 17.7 Å². The molecule has 0 fully saturated rings. The van der Waals surface area contributed by atoms with Crippen molar-refractivity contribution in [3.8, 4) is 0 Å². The van der Waals surface area contributed by atoms with Gasteiger partial charge in [-0.1, -0.05) is 20.8 Å². The van der Waals surface area contributed by atoms with Crippen molar-refractivity contribution in [3.63, 3.8) is 0 Å². The molecule has 0 aromatic heterocycles. The molecule has 0 aliphatic carbocycles. The van der Waals surface area contributed by atoms with E-state index in [1.54, 1.807) is 26.0 Å². The van der Waals surface area contributed by atoms with E-state index in [0.29, 0.717) is 13.0 Å². The highest BCUT2D eigenvalue weighted by Gasteiger charge is 2.48. The summed E-state index contributed by atoms with van der Waals surface area (Å²) in [4.78, 5) is 12.8. The molecule has 0 aliphatic rings. The number of nitrogens with two attached hydrogens (primary N) is 1. The Morgan fingerprint density at radius 3 is 2.12 bits per heavy atom. The standard InChI is InChI=1S/C18H37NO4S/c1-16(2,3)13-18(6,17(4,5)19)15(20)23-11-14(22-8)12-24-10-9-21-7/h14H,9-13,19H2,1-8H3. The van der Waals surface area contributed by atoms with Crippen LogP contribution >= 0.6 is 11.8 Å². The number of methoxy groups -OCH3 is 2. The summed E-state index contributed by atoms with van der Waals surface area (Å²) >= 11 is 1.72. The number of thioether (sulfide) groups is 1. The van der Waals surface area contributed by atoms with Gasteiger partial charge in [-0.05, 0) is 32.6 Å². The van der Waals surface area contributed by atoms with Crippen LogP contribution in [-0.4, -0.2) is 56.6 Å². The van der Waals surface area contributed by atoms with E-state index in [2.05, 4.69) is 20.8 Å². The van der Waals surface area contributed by atoms with E-state index in [0.717, 1.165) is 11.5 Å². The van der Waals surface area contributed by atoms with Gasteiger partial charge in [-0.25, -0.2) is 0 Å². The molecule has 2 unspecified atom stereocenters. The van der Waals surface area contributed by atoms with Crippen LogP contribution in [-0.2, 0) is 19.0 Å². The Morgan fingerprint density at radius 2 is 1.71 bits per heavy atom. The van der Waals surface area contributed by atoms with Crippen LogP contribution in [0.1, 0.15) is 48.0 Å². The van der Waals surface area contributed by atoms with Crippen LogP contribution in [0, 0.1) is 10.8 Å². The number of hydrogen-bond donors (Lipinski definition) is 1. The van der Waals surface area contributed by atoms with E-state index >= 15 is 0 Å². The van der Waals surface area contributed by atoms with E-state index in [1.807, 2.05) is 20.8 Å². The average Bonchev–Trinajstić information content (AvgIpc) is 2.43. The fraction of sp³-hybridized carbons (Fsp3) is 0.944. The normalized spacial score (nSPS) is 16.5. The van der Waals surface area contributed by atoms with E-state index in [9.17, 15) is 4.79 Å². The molecule has 5 nitrogen and oxygen atoms in total. The van der Waals surface area contributed by atoms with Crippen molar-refractivity contribution in [1.29, 1.82) is 0 Å².